The van der Waals surface area contributed by atoms with Crippen LogP contribution in [0.15, 0.2) is 12.1 Å². The zero-order valence-electron chi connectivity index (χ0n) is 12.7. The molecule has 1 N–H and O–H groups in total. The maximum atomic E-state index is 5.74. The molecule has 0 aromatic carbocycles. The standard InChI is InChI=1S/C14H19N5O2/c1-5-10-11(8-7-9(3)16-10)21-14-18-12(15-6-2)17-13(19-14)20-4/h7-8H,5-6H2,1-4H3,(H,15,17,18,19). The molecule has 0 bridgehead atoms. The Morgan fingerprint density at radius 3 is 2.48 bits per heavy atom. The Balaban J connectivity index is 2.32. The summed E-state index contributed by atoms with van der Waals surface area (Å²) in [6.07, 6.45) is 0.763. The van der Waals surface area contributed by atoms with E-state index in [0.29, 0.717) is 18.2 Å². The van der Waals surface area contributed by atoms with Crippen LogP contribution in [0.2, 0.25) is 0 Å². The zero-order chi connectivity index (χ0) is 15.2. The van der Waals surface area contributed by atoms with Crippen LogP contribution in [0.25, 0.3) is 0 Å². The first-order valence-electron chi connectivity index (χ1n) is 6.84. The molecule has 0 aliphatic rings. The molecule has 21 heavy (non-hydrogen) atoms. The van der Waals surface area contributed by atoms with Crippen molar-refractivity contribution in [2.75, 3.05) is 19.0 Å². The minimum absolute atomic E-state index is 0.179. The average molecular weight is 289 g/mol. The predicted molar refractivity (Wildman–Crippen MR) is 79.0 cm³/mol. The second-order valence-electron chi connectivity index (χ2n) is 4.31. The van der Waals surface area contributed by atoms with Gasteiger partial charge in [0.2, 0.25) is 5.95 Å². The zero-order valence-corrected chi connectivity index (χ0v) is 12.7. The topological polar surface area (TPSA) is 82.1 Å². The molecule has 0 saturated carbocycles. The highest BCUT2D eigenvalue weighted by molar-refractivity contribution is 5.33. The highest BCUT2D eigenvalue weighted by Crippen LogP contribution is 2.24. The van der Waals surface area contributed by atoms with Crippen LogP contribution in [0.3, 0.4) is 0 Å². The minimum Gasteiger partial charge on any atom is -0.467 e. The van der Waals surface area contributed by atoms with Crippen LogP contribution >= 0.6 is 0 Å². The first-order valence-corrected chi connectivity index (χ1v) is 6.84. The second-order valence-corrected chi connectivity index (χ2v) is 4.31. The van der Waals surface area contributed by atoms with Crippen molar-refractivity contribution in [3.63, 3.8) is 0 Å². The summed E-state index contributed by atoms with van der Waals surface area (Å²) in [7, 11) is 1.50. The normalized spacial score (nSPS) is 10.3. The number of aryl methyl sites for hydroxylation is 2. The molecule has 0 fully saturated rings. The van der Waals surface area contributed by atoms with E-state index < -0.39 is 0 Å². The molecule has 0 amide bonds. The van der Waals surface area contributed by atoms with Crippen LogP contribution in [0.5, 0.6) is 17.8 Å². The van der Waals surface area contributed by atoms with E-state index in [0.717, 1.165) is 17.8 Å². The molecular formula is C14H19N5O2. The molecule has 2 rings (SSSR count). The molecule has 0 radical (unpaired) electrons. The fourth-order valence-electron chi connectivity index (χ4n) is 1.75. The lowest BCUT2D eigenvalue weighted by Gasteiger charge is -2.10. The van der Waals surface area contributed by atoms with Gasteiger partial charge in [-0.25, -0.2) is 0 Å². The van der Waals surface area contributed by atoms with Gasteiger partial charge in [-0.3, -0.25) is 4.98 Å². The number of nitrogens with one attached hydrogen (secondary N) is 1. The molecule has 0 aliphatic heterocycles. The monoisotopic (exact) mass is 289 g/mol. The predicted octanol–water partition coefficient (Wildman–Crippen LogP) is 2.37. The summed E-state index contributed by atoms with van der Waals surface area (Å²) < 4.78 is 10.8. The molecule has 0 saturated heterocycles. The highest BCUT2D eigenvalue weighted by atomic mass is 16.5. The minimum atomic E-state index is 0.179. The number of ether oxygens (including phenoxy) is 2. The Morgan fingerprint density at radius 2 is 1.81 bits per heavy atom. The molecule has 2 aromatic rings. The molecule has 0 unspecified atom stereocenters. The summed E-state index contributed by atoms with van der Waals surface area (Å²) >= 11 is 0. The lowest BCUT2D eigenvalue weighted by Crippen LogP contribution is -2.07. The number of hydrogen-bond acceptors (Lipinski definition) is 7. The van der Waals surface area contributed by atoms with Crippen LogP contribution in [-0.4, -0.2) is 33.6 Å². The van der Waals surface area contributed by atoms with E-state index in [1.165, 1.54) is 7.11 Å². The fraction of sp³-hybridized carbons (Fsp3) is 0.429. The summed E-state index contributed by atoms with van der Waals surface area (Å²) in [6, 6.07) is 4.13. The quantitative estimate of drug-likeness (QED) is 0.874. The van der Waals surface area contributed by atoms with E-state index in [4.69, 9.17) is 9.47 Å². The van der Waals surface area contributed by atoms with E-state index >= 15 is 0 Å². The Morgan fingerprint density at radius 1 is 1.05 bits per heavy atom. The Hall–Kier alpha value is -2.44. The largest absolute Gasteiger partial charge is 0.467 e. The number of hydrogen-bond donors (Lipinski definition) is 1. The Labute approximate surface area is 123 Å². The molecule has 0 spiro atoms. The summed E-state index contributed by atoms with van der Waals surface area (Å²) in [5.74, 6) is 1.05. The van der Waals surface area contributed by atoms with Gasteiger partial charge in [0.15, 0.2) is 5.75 Å². The van der Waals surface area contributed by atoms with E-state index in [1.54, 1.807) is 0 Å². The third-order valence-corrected chi connectivity index (χ3v) is 2.72. The number of nitrogens with zero attached hydrogens (tertiary/aromatic N) is 4. The van der Waals surface area contributed by atoms with Crippen LogP contribution in [-0.2, 0) is 6.42 Å². The number of methoxy groups -OCH3 is 1. The number of anilines is 1. The van der Waals surface area contributed by atoms with Crippen molar-refractivity contribution in [2.45, 2.75) is 27.2 Å². The lowest BCUT2D eigenvalue weighted by molar-refractivity contribution is 0.359. The van der Waals surface area contributed by atoms with Gasteiger partial charge in [0.05, 0.1) is 12.8 Å². The van der Waals surface area contributed by atoms with Gasteiger partial charge in [0, 0.05) is 12.2 Å². The van der Waals surface area contributed by atoms with Crippen molar-refractivity contribution in [3.05, 3.63) is 23.5 Å². The average Bonchev–Trinajstić information content (AvgIpc) is 2.49. The number of aromatic nitrogens is 4. The third kappa shape index (κ3) is 3.77. The SMILES string of the molecule is CCNc1nc(OC)nc(Oc2ccc(C)nc2CC)n1. The van der Waals surface area contributed by atoms with Crippen molar-refractivity contribution in [1.82, 2.24) is 19.9 Å². The maximum Gasteiger partial charge on any atom is 0.330 e. The first-order chi connectivity index (χ1) is 10.2. The van der Waals surface area contributed by atoms with Crippen LogP contribution in [0.1, 0.15) is 25.2 Å². The van der Waals surface area contributed by atoms with Gasteiger partial charge in [0.25, 0.3) is 0 Å². The van der Waals surface area contributed by atoms with E-state index in [-0.39, 0.29) is 12.0 Å². The van der Waals surface area contributed by atoms with Gasteiger partial charge in [-0.05, 0) is 32.4 Å². The molecule has 7 nitrogen and oxygen atoms in total. The van der Waals surface area contributed by atoms with Gasteiger partial charge in [0.1, 0.15) is 0 Å². The second kappa shape index (κ2) is 6.83. The first kappa shape index (κ1) is 15.0. The summed E-state index contributed by atoms with van der Waals surface area (Å²) in [6.45, 7) is 6.61. The smallest absolute Gasteiger partial charge is 0.330 e. The molecule has 2 aromatic heterocycles. The van der Waals surface area contributed by atoms with Crippen molar-refractivity contribution in [2.24, 2.45) is 0 Å². The Bertz CT molecular complexity index is 618. The van der Waals surface area contributed by atoms with Crippen LogP contribution in [0, 0.1) is 6.92 Å². The fourth-order valence-corrected chi connectivity index (χ4v) is 1.75. The van der Waals surface area contributed by atoms with Crippen LogP contribution in [0.4, 0.5) is 5.95 Å². The van der Waals surface area contributed by atoms with Gasteiger partial charge in [-0.2, -0.15) is 9.97 Å². The third-order valence-electron chi connectivity index (χ3n) is 2.72. The summed E-state index contributed by atoms with van der Waals surface area (Å²) in [5, 5.41) is 3.01. The van der Waals surface area contributed by atoms with E-state index in [9.17, 15) is 0 Å². The van der Waals surface area contributed by atoms with Gasteiger partial charge in [-0.1, -0.05) is 6.92 Å². The van der Waals surface area contributed by atoms with Crippen molar-refractivity contribution in [1.29, 1.82) is 0 Å². The van der Waals surface area contributed by atoms with Gasteiger partial charge >= 0.3 is 12.0 Å². The van der Waals surface area contributed by atoms with E-state index in [1.807, 2.05) is 32.9 Å². The molecule has 7 heteroatoms. The van der Waals surface area contributed by atoms with Crippen molar-refractivity contribution < 1.29 is 9.47 Å². The molecule has 112 valence electrons. The molecular weight excluding hydrogens is 270 g/mol. The molecule has 0 aliphatic carbocycles. The van der Waals surface area contributed by atoms with Crippen LogP contribution < -0.4 is 14.8 Å². The maximum absolute atomic E-state index is 5.74. The summed E-state index contributed by atoms with van der Waals surface area (Å²) in [4.78, 5) is 16.8. The number of rotatable bonds is 6. The molecule has 0 atom stereocenters. The van der Waals surface area contributed by atoms with Crippen molar-refractivity contribution in [3.8, 4) is 17.8 Å². The van der Waals surface area contributed by atoms with E-state index in [2.05, 4.69) is 25.3 Å². The lowest BCUT2D eigenvalue weighted by atomic mass is 10.2. The Kier molecular flexibility index (Phi) is 4.86. The molecule has 2 heterocycles. The summed E-state index contributed by atoms with van der Waals surface area (Å²) in [5.41, 5.74) is 1.81. The van der Waals surface area contributed by atoms with Gasteiger partial charge < -0.3 is 14.8 Å². The van der Waals surface area contributed by atoms with Crippen molar-refractivity contribution >= 4 is 5.95 Å². The van der Waals surface area contributed by atoms with Gasteiger partial charge in [-0.15, -0.1) is 4.98 Å². The highest BCUT2D eigenvalue weighted by Gasteiger charge is 2.11. The number of pyridine rings is 1.